The van der Waals surface area contributed by atoms with Crippen molar-refractivity contribution in [2.45, 2.75) is 26.3 Å². The number of piperidine rings is 1. The molecule has 7 heteroatoms. The fourth-order valence-corrected chi connectivity index (χ4v) is 2.70. The number of aromatic nitrogens is 1. The fraction of sp³-hybridized carbons (Fsp3) is 0.368. The molecule has 140 valence electrons. The van der Waals surface area contributed by atoms with Crippen LogP contribution in [-0.2, 0) is 6.54 Å². The van der Waals surface area contributed by atoms with Crippen molar-refractivity contribution >= 4 is 29.9 Å². The first-order valence-electron chi connectivity index (χ1n) is 8.53. The lowest BCUT2D eigenvalue weighted by molar-refractivity contribution is 0.277. The number of rotatable bonds is 4. The summed E-state index contributed by atoms with van der Waals surface area (Å²) in [5.41, 5.74) is 7.04. The van der Waals surface area contributed by atoms with E-state index in [1.807, 2.05) is 6.07 Å². The van der Waals surface area contributed by atoms with Crippen LogP contribution >= 0.6 is 24.0 Å². The van der Waals surface area contributed by atoms with Crippen molar-refractivity contribution in [1.29, 1.82) is 0 Å². The molecule has 1 aromatic carbocycles. The first-order valence-corrected chi connectivity index (χ1v) is 8.53. The summed E-state index contributed by atoms with van der Waals surface area (Å²) in [5, 5.41) is 0. The molecule has 3 rings (SSSR count). The van der Waals surface area contributed by atoms with Crippen LogP contribution in [0.2, 0.25) is 0 Å². The van der Waals surface area contributed by atoms with Gasteiger partial charge >= 0.3 is 0 Å². The van der Waals surface area contributed by atoms with Crippen LogP contribution in [-0.4, -0.2) is 28.9 Å². The van der Waals surface area contributed by atoms with E-state index in [2.05, 4.69) is 21.8 Å². The van der Waals surface area contributed by atoms with Gasteiger partial charge in [0.15, 0.2) is 5.96 Å². The Kier molecular flexibility index (Phi) is 7.62. The van der Waals surface area contributed by atoms with Crippen molar-refractivity contribution in [1.82, 2.24) is 9.88 Å². The van der Waals surface area contributed by atoms with Gasteiger partial charge in [0.2, 0.25) is 5.88 Å². The van der Waals surface area contributed by atoms with Gasteiger partial charge in [-0.2, -0.15) is 0 Å². The zero-order valence-corrected chi connectivity index (χ0v) is 17.1. The Hall–Kier alpha value is -1.90. The Morgan fingerprint density at radius 3 is 2.54 bits per heavy atom. The van der Waals surface area contributed by atoms with Crippen molar-refractivity contribution in [3.8, 4) is 11.6 Å². The lowest BCUT2D eigenvalue weighted by atomic mass is 10.00. The molecule has 0 bridgehead atoms. The highest BCUT2D eigenvalue weighted by atomic mass is 127. The maximum atomic E-state index is 12.9. The number of nitrogens with zero attached hydrogens (tertiary/aromatic N) is 3. The second kappa shape index (κ2) is 9.70. The third-order valence-corrected chi connectivity index (χ3v) is 4.36. The van der Waals surface area contributed by atoms with E-state index in [4.69, 9.17) is 10.5 Å². The van der Waals surface area contributed by atoms with Gasteiger partial charge in [0, 0.05) is 25.4 Å². The highest BCUT2D eigenvalue weighted by molar-refractivity contribution is 14.0. The standard InChI is InChI=1S/C19H23FN4O.HI/c1-14-8-10-24(11-9-14)19(21)23-13-15-2-7-18(22-12-15)25-17-5-3-16(20)4-6-17;/h2-7,12,14H,8-11,13H2,1H3,(H2,21,23);1H. The molecule has 1 aliphatic heterocycles. The number of halogens is 2. The number of aliphatic imine (C=N–C) groups is 1. The molecule has 1 aromatic heterocycles. The second-order valence-electron chi connectivity index (χ2n) is 6.40. The number of guanidine groups is 1. The molecule has 2 aromatic rings. The number of nitrogens with two attached hydrogens (primary N) is 1. The van der Waals surface area contributed by atoms with Crippen molar-refractivity contribution in [3.63, 3.8) is 0 Å². The summed E-state index contributed by atoms with van der Waals surface area (Å²) in [5.74, 6) is 2.07. The van der Waals surface area contributed by atoms with E-state index in [9.17, 15) is 4.39 Å². The van der Waals surface area contributed by atoms with E-state index in [1.54, 1.807) is 24.4 Å². The fourth-order valence-electron chi connectivity index (χ4n) is 2.70. The first-order chi connectivity index (χ1) is 12.1. The summed E-state index contributed by atoms with van der Waals surface area (Å²) in [6.45, 7) is 4.70. The predicted octanol–water partition coefficient (Wildman–Crippen LogP) is 4.18. The lowest BCUT2D eigenvalue weighted by Gasteiger charge is -2.31. The maximum Gasteiger partial charge on any atom is 0.219 e. The van der Waals surface area contributed by atoms with E-state index >= 15 is 0 Å². The minimum Gasteiger partial charge on any atom is -0.439 e. The minimum atomic E-state index is -0.297. The molecule has 0 atom stereocenters. The average molecular weight is 470 g/mol. The van der Waals surface area contributed by atoms with Gasteiger partial charge in [-0.05, 0) is 48.6 Å². The molecule has 0 amide bonds. The summed E-state index contributed by atoms with van der Waals surface area (Å²) in [7, 11) is 0. The molecule has 2 N–H and O–H groups in total. The number of pyridine rings is 1. The lowest BCUT2D eigenvalue weighted by Crippen LogP contribution is -2.42. The van der Waals surface area contributed by atoms with Crippen LogP contribution in [0.3, 0.4) is 0 Å². The third kappa shape index (κ3) is 5.82. The number of likely N-dealkylation sites (tertiary alicyclic amines) is 1. The molecule has 0 saturated carbocycles. The smallest absolute Gasteiger partial charge is 0.219 e. The predicted molar refractivity (Wildman–Crippen MR) is 111 cm³/mol. The molecule has 1 fully saturated rings. The van der Waals surface area contributed by atoms with Gasteiger partial charge in [0.25, 0.3) is 0 Å². The van der Waals surface area contributed by atoms with E-state index < -0.39 is 0 Å². The second-order valence-corrected chi connectivity index (χ2v) is 6.40. The van der Waals surface area contributed by atoms with Crippen molar-refractivity contribution < 1.29 is 9.13 Å². The highest BCUT2D eigenvalue weighted by Crippen LogP contribution is 2.20. The zero-order chi connectivity index (χ0) is 17.6. The van der Waals surface area contributed by atoms with Gasteiger partial charge in [-0.3, -0.25) is 0 Å². The van der Waals surface area contributed by atoms with E-state index in [-0.39, 0.29) is 29.8 Å². The van der Waals surface area contributed by atoms with Crippen molar-refractivity contribution in [2.75, 3.05) is 13.1 Å². The highest BCUT2D eigenvalue weighted by Gasteiger charge is 2.16. The van der Waals surface area contributed by atoms with Gasteiger partial charge in [-0.15, -0.1) is 24.0 Å². The van der Waals surface area contributed by atoms with E-state index in [0.29, 0.717) is 24.1 Å². The molecule has 1 saturated heterocycles. The first kappa shape index (κ1) is 20.4. The average Bonchev–Trinajstić information content (AvgIpc) is 2.63. The quantitative estimate of drug-likeness (QED) is 0.414. The Labute approximate surface area is 170 Å². The minimum absolute atomic E-state index is 0. The third-order valence-electron chi connectivity index (χ3n) is 4.36. The Morgan fingerprint density at radius 1 is 1.23 bits per heavy atom. The van der Waals surface area contributed by atoms with Crippen LogP contribution in [0.25, 0.3) is 0 Å². The molecule has 0 spiro atoms. The molecular weight excluding hydrogens is 446 g/mol. The van der Waals surface area contributed by atoms with Crippen molar-refractivity contribution in [2.24, 2.45) is 16.6 Å². The topological polar surface area (TPSA) is 63.7 Å². The zero-order valence-electron chi connectivity index (χ0n) is 14.8. The van der Waals surface area contributed by atoms with Gasteiger partial charge < -0.3 is 15.4 Å². The molecule has 0 radical (unpaired) electrons. The molecule has 1 aliphatic rings. The van der Waals surface area contributed by atoms with E-state index in [1.165, 1.54) is 12.1 Å². The number of ether oxygens (including phenoxy) is 1. The van der Waals surface area contributed by atoms with Crippen LogP contribution < -0.4 is 10.5 Å². The molecular formula is C19H24FIN4O. The number of hydrogen-bond acceptors (Lipinski definition) is 3. The Balaban J connectivity index is 0.00000243. The number of hydrogen-bond donors (Lipinski definition) is 1. The summed E-state index contributed by atoms with van der Waals surface area (Å²) >= 11 is 0. The summed E-state index contributed by atoms with van der Waals surface area (Å²) in [4.78, 5) is 10.9. The summed E-state index contributed by atoms with van der Waals surface area (Å²) in [6, 6.07) is 9.50. The van der Waals surface area contributed by atoms with Crippen LogP contribution in [0.5, 0.6) is 11.6 Å². The SMILES string of the molecule is CC1CCN(C(N)=NCc2ccc(Oc3ccc(F)cc3)nc2)CC1.I. The monoisotopic (exact) mass is 470 g/mol. The largest absolute Gasteiger partial charge is 0.439 e. The molecule has 2 heterocycles. The van der Waals surface area contributed by atoms with Gasteiger partial charge in [0.05, 0.1) is 6.54 Å². The Bertz CT molecular complexity index is 713. The van der Waals surface area contributed by atoms with Crippen LogP contribution in [0, 0.1) is 11.7 Å². The van der Waals surface area contributed by atoms with Gasteiger partial charge in [0.1, 0.15) is 11.6 Å². The van der Waals surface area contributed by atoms with Gasteiger partial charge in [-0.1, -0.05) is 13.0 Å². The summed E-state index contributed by atoms with van der Waals surface area (Å²) in [6.07, 6.45) is 4.04. The van der Waals surface area contributed by atoms with Crippen LogP contribution in [0.1, 0.15) is 25.3 Å². The number of benzene rings is 1. The molecule has 26 heavy (non-hydrogen) atoms. The molecule has 5 nitrogen and oxygen atoms in total. The molecule has 0 unspecified atom stereocenters. The summed E-state index contributed by atoms with van der Waals surface area (Å²) < 4.78 is 18.5. The maximum absolute atomic E-state index is 12.9. The normalized spacial score (nSPS) is 15.5. The van der Waals surface area contributed by atoms with Crippen LogP contribution in [0.15, 0.2) is 47.6 Å². The van der Waals surface area contributed by atoms with Gasteiger partial charge in [-0.25, -0.2) is 14.4 Å². The Morgan fingerprint density at radius 2 is 1.92 bits per heavy atom. The van der Waals surface area contributed by atoms with Crippen molar-refractivity contribution in [3.05, 3.63) is 54.0 Å². The van der Waals surface area contributed by atoms with Crippen LogP contribution in [0.4, 0.5) is 4.39 Å². The molecule has 0 aliphatic carbocycles. The van der Waals surface area contributed by atoms with E-state index in [0.717, 1.165) is 37.4 Å².